The molecular weight excluding hydrogens is 195 g/mol. The molecule has 0 spiro atoms. The Bertz CT molecular complexity index is 385. The first-order valence-corrected chi connectivity index (χ1v) is 4.60. The molecule has 1 rings (SSSR count). The molecule has 0 N–H and O–H groups in total. The van der Waals surface area contributed by atoms with Gasteiger partial charge in [-0.05, 0) is 24.6 Å². The van der Waals surface area contributed by atoms with Gasteiger partial charge < -0.3 is 4.74 Å². The lowest BCUT2D eigenvalue weighted by Crippen LogP contribution is -2.12. The molecule has 80 valence electrons. The zero-order chi connectivity index (χ0) is 11.4. The van der Waals surface area contributed by atoms with Gasteiger partial charge in [0.1, 0.15) is 5.82 Å². The van der Waals surface area contributed by atoms with Gasteiger partial charge in [0.2, 0.25) is 0 Å². The number of carbonyl (C=O) groups excluding carboxylic acids is 1. The highest BCUT2D eigenvalue weighted by Crippen LogP contribution is 2.21. The molecule has 1 atom stereocenters. The topological polar surface area (TPSA) is 26.3 Å². The van der Waals surface area contributed by atoms with E-state index in [2.05, 4.69) is 11.3 Å². The van der Waals surface area contributed by atoms with E-state index in [0.29, 0.717) is 5.56 Å². The van der Waals surface area contributed by atoms with Crippen LogP contribution in [0.4, 0.5) is 4.39 Å². The van der Waals surface area contributed by atoms with E-state index in [0.717, 1.165) is 5.56 Å². The van der Waals surface area contributed by atoms with Crippen LogP contribution in [-0.2, 0) is 9.53 Å². The van der Waals surface area contributed by atoms with Crippen molar-refractivity contribution in [2.75, 3.05) is 7.11 Å². The van der Waals surface area contributed by atoms with Crippen molar-refractivity contribution in [1.82, 2.24) is 0 Å². The summed E-state index contributed by atoms with van der Waals surface area (Å²) >= 11 is 0. The van der Waals surface area contributed by atoms with Crippen LogP contribution in [0.1, 0.15) is 24.0 Å². The smallest absolute Gasteiger partial charge is 0.312 e. The molecule has 0 saturated heterocycles. The fourth-order valence-electron chi connectivity index (χ4n) is 1.32. The number of hydrogen-bond acceptors (Lipinski definition) is 2. The molecule has 0 bridgehead atoms. The van der Waals surface area contributed by atoms with Gasteiger partial charge in [0.25, 0.3) is 0 Å². The normalized spacial score (nSPS) is 11.9. The highest BCUT2D eigenvalue weighted by molar-refractivity contribution is 5.77. The largest absolute Gasteiger partial charge is 0.469 e. The molecular formula is C12H13FO2. The van der Waals surface area contributed by atoms with Gasteiger partial charge >= 0.3 is 5.97 Å². The third-order valence-corrected chi connectivity index (χ3v) is 2.28. The van der Waals surface area contributed by atoms with Crippen LogP contribution in [0, 0.1) is 5.82 Å². The summed E-state index contributed by atoms with van der Waals surface area (Å²) in [7, 11) is 1.29. The lowest BCUT2D eigenvalue weighted by Gasteiger charge is -2.11. The molecule has 0 amide bonds. The molecule has 0 fully saturated rings. The molecule has 0 aliphatic rings. The van der Waals surface area contributed by atoms with Gasteiger partial charge in [-0.3, -0.25) is 4.79 Å². The van der Waals surface area contributed by atoms with E-state index in [1.54, 1.807) is 25.1 Å². The maximum Gasteiger partial charge on any atom is 0.312 e. The molecule has 0 saturated carbocycles. The summed E-state index contributed by atoms with van der Waals surface area (Å²) in [5.74, 6) is -1.46. The van der Waals surface area contributed by atoms with Crippen LogP contribution in [0.2, 0.25) is 0 Å². The summed E-state index contributed by atoms with van der Waals surface area (Å²) in [6.45, 7) is 5.20. The minimum Gasteiger partial charge on any atom is -0.469 e. The van der Waals surface area contributed by atoms with Crippen molar-refractivity contribution in [3.63, 3.8) is 0 Å². The van der Waals surface area contributed by atoms with Crippen LogP contribution in [-0.4, -0.2) is 13.1 Å². The first-order chi connectivity index (χ1) is 7.10. The zero-order valence-electron chi connectivity index (χ0n) is 8.79. The number of halogens is 1. The van der Waals surface area contributed by atoms with E-state index in [4.69, 9.17) is 0 Å². The third kappa shape index (κ3) is 2.43. The second-order valence-corrected chi connectivity index (χ2v) is 3.23. The summed E-state index contributed by atoms with van der Waals surface area (Å²) < 4.78 is 18.0. The van der Waals surface area contributed by atoms with Crippen LogP contribution < -0.4 is 0 Å². The van der Waals surface area contributed by atoms with Crippen LogP contribution in [0.15, 0.2) is 24.8 Å². The molecule has 3 heteroatoms. The summed E-state index contributed by atoms with van der Waals surface area (Å²) in [4.78, 5) is 11.2. The van der Waals surface area contributed by atoms with Crippen molar-refractivity contribution < 1.29 is 13.9 Å². The summed E-state index contributed by atoms with van der Waals surface area (Å²) in [6, 6.07) is 4.53. The molecule has 0 heterocycles. The Labute approximate surface area is 88.4 Å². The summed E-state index contributed by atoms with van der Waals surface area (Å²) in [6.07, 6.45) is 1.60. The standard InChI is InChI=1S/C12H13FO2/c1-4-9-5-6-11(13)10(7-9)8(2)12(14)15-3/h4-8H,1H2,2-3H3. The SMILES string of the molecule is C=Cc1ccc(F)c(C(C)C(=O)OC)c1. The van der Waals surface area contributed by atoms with Gasteiger partial charge in [-0.1, -0.05) is 18.7 Å². The van der Waals surface area contributed by atoms with Crippen molar-refractivity contribution in [3.8, 4) is 0 Å². The number of hydrogen-bond donors (Lipinski definition) is 0. The Morgan fingerprint density at radius 2 is 2.27 bits per heavy atom. The van der Waals surface area contributed by atoms with Crippen LogP contribution >= 0.6 is 0 Å². The van der Waals surface area contributed by atoms with E-state index in [9.17, 15) is 9.18 Å². The van der Waals surface area contributed by atoms with Gasteiger partial charge in [-0.25, -0.2) is 4.39 Å². The summed E-state index contributed by atoms with van der Waals surface area (Å²) in [5, 5.41) is 0. The number of methoxy groups -OCH3 is 1. The summed E-state index contributed by atoms with van der Waals surface area (Å²) in [5.41, 5.74) is 1.11. The van der Waals surface area contributed by atoms with Gasteiger partial charge in [0.15, 0.2) is 0 Å². The van der Waals surface area contributed by atoms with Crippen molar-refractivity contribution in [1.29, 1.82) is 0 Å². The first-order valence-electron chi connectivity index (χ1n) is 4.60. The zero-order valence-corrected chi connectivity index (χ0v) is 8.79. The van der Waals surface area contributed by atoms with Crippen molar-refractivity contribution in [3.05, 3.63) is 41.7 Å². The first kappa shape index (κ1) is 11.4. The molecule has 0 aliphatic heterocycles. The van der Waals surface area contributed by atoms with Crippen molar-refractivity contribution >= 4 is 12.0 Å². The number of benzene rings is 1. The number of carbonyl (C=O) groups is 1. The van der Waals surface area contributed by atoms with E-state index in [1.165, 1.54) is 13.2 Å². The molecule has 0 aliphatic carbocycles. The van der Waals surface area contributed by atoms with Crippen LogP contribution in [0.25, 0.3) is 6.08 Å². The lowest BCUT2D eigenvalue weighted by molar-refractivity contribution is -0.142. The van der Waals surface area contributed by atoms with E-state index < -0.39 is 17.7 Å². The molecule has 15 heavy (non-hydrogen) atoms. The molecule has 1 aromatic carbocycles. The average molecular weight is 208 g/mol. The van der Waals surface area contributed by atoms with Gasteiger partial charge in [-0.15, -0.1) is 0 Å². The molecule has 0 radical (unpaired) electrons. The van der Waals surface area contributed by atoms with Crippen LogP contribution in [0.3, 0.4) is 0 Å². The van der Waals surface area contributed by atoms with E-state index in [-0.39, 0.29) is 0 Å². The third-order valence-electron chi connectivity index (χ3n) is 2.28. The fourth-order valence-corrected chi connectivity index (χ4v) is 1.32. The quantitative estimate of drug-likeness (QED) is 0.714. The predicted molar refractivity (Wildman–Crippen MR) is 56.9 cm³/mol. The maximum absolute atomic E-state index is 13.4. The predicted octanol–water partition coefficient (Wildman–Crippen LogP) is 2.75. The van der Waals surface area contributed by atoms with Crippen LogP contribution in [0.5, 0.6) is 0 Å². The second-order valence-electron chi connectivity index (χ2n) is 3.23. The minimum atomic E-state index is -0.602. The monoisotopic (exact) mass is 208 g/mol. The number of esters is 1. The molecule has 0 aromatic heterocycles. The van der Waals surface area contributed by atoms with Gasteiger partial charge in [0, 0.05) is 5.56 Å². The van der Waals surface area contributed by atoms with E-state index >= 15 is 0 Å². The highest BCUT2D eigenvalue weighted by atomic mass is 19.1. The average Bonchev–Trinajstić information content (AvgIpc) is 2.27. The highest BCUT2D eigenvalue weighted by Gasteiger charge is 2.19. The lowest BCUT2D eigenvalue weighted by atomic mass is 9.98. The van der Waals surface area contributed by atoms with Crippen molar-refractivity contribution in [2.45, 2.75) is 12.8 Å². The fraction of sp³-hybridized carbons (Fsp3) is 0.250. The number of rotatable bonds is 3. The molecule has 1 unspecified atom stereocenters. The van der Waals surface area contributed by atoms with Crippen molar-refractivity contribution in [2.24, 2.45) is 0 Å². The molecule has 1 aromatic rings. The minimum absolute atomic E-state index is 0.333. The molecule has 2 nitrogen and oxygen atoms in total. The Balaban J connectivity index is 3.11. The second kappa shape index (κ2) is 4.73. The Kier molecular flexibility index (Phi) is 3.61. The Morgan fingerprint density at radius 3 is 2.80 bits per heavy atom. The maximum atomic E-state index is 13.4. The number of ether oxygens (including phenoxy) is 1. The van der Waals surface area contributed by atoms with Gasteiger partial charge in [-0.2, -0.15) is 0 Å². The van der Waals surface area contributed by atoms with E-state index in [1.807, 2.05) is 0 Å². The van der Waals surface area contributed by atoms with Gasteiger partial charge in [0.05, 0.1) is 13.0 Å². The Hall–Kier alpha value is -1.64. The Morgan fingerprint density at radius 1 is 1.60 bits per heavy atom.